The first-order chi connectivity index (χ1) is 12.9. The Morgan fingerprint density at radius 1 is 1.11 bits per heavy atom. The first-order valence-electron chi connectivity index (χ1n) is 8.68. The number of carbonyl (C=O) groups is 2. The monoisotopic (exact) mass is 388 g/mol. The van der Waals surface area contributed by atoms with Gasteiger partial charge < -0.3 is 19.7 Å². The van der Waals surface area contributed by atoms with Gasteiger partial charge in [0, 0.05) is 42.4 Å². The van der Waals surface area contributed by atoms with Crippen LogP contribution in [0.3, 0.4) is 0 Å². The number of fused-ring (bicyclic) bond motifs is 1. The molecule has 2 aromatic rings. The fourth-order valence-electron chi connectivity index (χ4n) is 2.82. The summed E-state index contributed by atoms with van der Waals surface area (Å²) in [5, 5.41) is 3.39. The molecule has 0 radical (unpaired) electrons. The lowest BCUT2D eigenvalue weighted by molar-refractivity contribution is -0.117. The van der Waals surface area contributed by atoms with E-state index in [1.807, 2.05) is 13.0 Å². The molecule has 0 bridgehead atoms. The largest absolute Gasteiger partial charge is 0.486 e. The van der Waals surface area contributed by atoms with E-state index < -0.39 is 0 Å². The number of halogens is 1. The summed E-state index contributed by atoms with van der Waals surface area (Å²) in [7, 11) is 0. The van der Waals surface area contributed by atoms with E-state index in [4.69, 9.17) is 21.1 Å². The van der Waals surface area contributed by atoms with Crippen LogP contribution < -0.4 is 19.7 Å². The molecule has 2 aromatic carbocycles. The SMILES string of the molecule is CC(=O)N(CCC(=O)Nc1cc(Cl)ccc1C)c1ccc2c(c1)OCCO2. The molecular weight excluding hydrogens is 368 g/mol. The van der Waals surface area contributed by atoms with Crippen molar-refractivity contribution in [1.82, 2.24) is 0 Å². The van der Waals surface area contributed by atoms with Gasteiger partial charge in [-0.15, -0.1) is 0 Å². The predicted octanol–water partition coefficient (Wildman–Crippen LogP) is 3.80. The minimum absolute atomic E-state index is 0.153. The van der Waals surface area contributed by atoms with Crippen LogP contribution >= 0.6 is 11.6 Å². The van der Waals surface area contributed by atoms with Crippen molar-refractivity contribution in [2.75, 3.05) is 30.0 Å². The summed E-state index contributed by atoms with van der Waals surface area (Å²) in [4.78, 5) is 26.0. The van der Waals surface area contributed by atoms with E-state index in [9.17, 15) is 9.59 Å². The summed E-state index contributed by atoms with van der Waals surface area (Å²) in [6.07, 6.45) is 0.153. The zero-order valence-corrected chi connectivity index (χ0v) is 16.0. The number of anilines is 2. The number of ether oxygens (including phenoxy) is 2. The van der Waals surface area contributed by atoms with Gasteiger partial charge in [0.05, 0.1) is 0 Å². The van der Waals surface area contributed by atoms with Gasteiger partial charge in [-0.25, -0.2) is 0 Å². The van der Waals surface area contributed by atoms with Gasteiger partial charge in [0.2, 0.25) is 11.8 Å². The summed E-state index contributed by atoms with van der Waals surface area (Å²) in [6, 6.07) is 10.6. The zero-order chi connectivity index (χ0) is 19.4. The molecule has 6 nitrogen and oxygen atoms in total. The zero-order valence-electron chi connectivity index (χ0n) is 15.3. The normalized spacial score (nSPS) is 12.4. The van der Waals surface area contributed by atoms with Crippen molar-refractivity contribution in [3.63, 3.8) is 0 Å². The van der Waals surface area contributed by atoms with Crippen LogP contribution in [0.4, 0.5) is 11.4 Å². The fourth-order valence-corrected chi connectivity index (χ4v) is 3.00. The van der Waals surface area contributed by atoms with Crippen LogP contribution in [0.2, 0.25) is 5.02 Å². The first-order valence-corrected chi connectivity index (χ1v) is 9.05. The van der Waals surface area contributed by atoms with Crippen LogP contribution in [0.15, 0.2) is 36.4 Å². The summed E-state index contributed by atoms with van der Waals surface area (Å²) in [5.74, 6) is 0.911. The van der Waals surface area contributed by atoms with Crippen LogP contribution in [0.25, 0.3) is 0 Å². The lowest BCUT2D eigenvalue weighted by atomic mass is 10.2. The third-order valence-corrected chi connectivity index (χ3v) is 4.49. The molecule has 1 aliphatic rings. The number of rotatable bonds is 5. The molecule has 0 saturated carbocycles. The molecular formula is C20H21ClN2O4. The number of benzene rings is 2. The highest BCUT2D eigenvalue weighted by atomic mass is 35.5. The van der Waals surface area contributed by atoms with E-state index in [2.05, 4.69) is 5.32 Å². The van der Waals surface area contributed by atoms with Gasteiger partial charge in [-0.05, 0) is 36.8 Å². The second-order valence-electron chi connectivity index (χ2n) is 6.26. The molecule has 3 rings (SSSR count). The van der Waals surface area contributed by atoms with Crippen LogP contribution in [-0.2, 0) is 9.59 Å². The second kappa shape index (κ2) is 8.31. The predicted molar refractivity (Wildman–Crippen MR) is 105 cm³/mol. The van der Waals surface area contributed by atoms with Crippen LogP contribution in [0, 0.1) is 6.92 Å². The second-order valence-corrected chi connectivity index (χ2v) is 6.69. The van der Waals surface area contributed by atoms with Gasteiger partial charge in [-0.1, -0.05) is 17.7 Å². The number of hydrogen-bond acceptors (Lipinski definition) is 4. The van der Waals surface area contributed by atoms with Crippen LogP contribution in [0.1, 0.15) is 18.9 Å². The molecule has 0 aromatic heterocycles. The van der Waals surface area contributed by atoms with E-state index in [-0.39, 0.29) is 24.8 Å². The fraction of sp³-hybridized carbons (Fsp3) is 0.300. The Hall–Kier alpha value is -2.73. The Morgan fingerprint density at radius 2 is 1.85 bits per heavy atom. The molecule has 1 aliphatic heterocycles. The van der Waals surface area contributed by atoms with Gasteiger partial charge in [-0.3, -0.25) is 9.59 Å². The van der Waals surface area contributed by atoms with Crippen LogP contribution in [-0.4, -0.2) is 31.6 Å². The number of nitrogens with zero attached hydrogens (tertiary/aromatic N) is 1. The van der Waals surface area contributed by atoms with Crippen molar-refractivity contribution in [2.24, 2.45) is 0 Å². The summed E-state index contributed by atoms with van der Waals surface area (Å²) < 4.78 is 11.1. The average molecular weight is 389 g/mol. The number of hydrogen-bond donors (Lipinski definition) is 1. The molecule has 0 spiro atoms. The molecule has 142 valence electrons. The summed E-state index contributed by atoms with van der Waals surface area (Å²) in [5.41, 5.74) is 2.25. The van der Waals surface area contributed by atoms with Crippen LogP contribution in [0.5, 0.6) is 11.5 Å². The first kappa shape index (κ1) is 19.0. The minimum atomic E-state index is -0.191. The van der Waals surface area contributed by atoms with E-state index in [1.165, 1.54) is 6.92 Å². The van der Waals surface area contributed by atoms with E-state index in [0.717, 1.165) is 5.56 Å². The molecule has 0 atom stereocenters. The van der Waals surface area contributed by atoms with E-state index >= 15 is 0 Å². The van der Waals surface area contributed by atoms with Crippen molar-refractivity contribution < 1.29 is 19.1 Å². The molecule has 0 saturated heterocycles. The maximum Gasteiger partial charge on any atom is 0.226 e. The Bertz CT molecular complexity index is 869. The topological polar surface area (TPSA) is 67.9 Å². The number of amides is 2. The lowest BCUT2D eigenvalue weighted by Crippen LogP contribution is -2.32. The van der Waals surface area contributed by atoms with Crippen molar-refractivity contribution in [1.29, 1.82) is 0 Å². The highest BCUT2D eigenvalue weighted by Gasteiger charge is 2.18. The third-order valence-electron chi connectivity index (χ3n) is 4.25. The Labute approximate surface area is 163 Å². The molecule has 0 fully saturated rings. The minimum Gasteiger partial charge on any atom is -0.486 e. The molecule has 7 heteroatoms. The molecule has 0 unspecified atom stereocenters. The van der Waals surface area contributed by atoms with Gasteiger partial charge in [0.1, 0.15) is 13.2 Å². The number of nitrogens with one attached hydrogen (secondary N) is 1. The van der Waals surface area contributed by atoms with Crippen molar-refractivity contribution in [3.05, 3.63) is 47.0 Å². The highest BCUT2D eigenvalue weighted by Crippen LogP contribution is 2.34. The van der Waals surface area contributed by atoms with E-state index in [0.29, 0.717) is 41.1 Å². The molecule has 1 heterocycles. The number of aryl methyl sites for hydroxylation is 1. The Morgan fingerprint density at radius 3 is 2.59 bits per heavy atom. The van der Waals surface area contributed by atoms with Gasteiger partial charge >= 0.3 is 0 Å². The number of carbonyl (C=O) groups excluding carboxylic acids is 2. The smallest absolute Gasteiger partial charge is 0.226 e. The van der Waals surface area contributed by atoms with E-state index in [1.54, 1.807) is 35.2 Å². The summed E-state index contributed by atoms with van der Waals surface area (Å²) in [6.45, 7) is 4.59. The standard InChI is InChI=1S/C20H21ClN2O4/c1-13-3-4-15(21)11-17(13)22-20(25)7-8-23(14(2)24)16-5-6-18-19(12-16)27-10-9-26-18/h3-6,11-12H,7-10H2,1-2H3,(H,22,25). The highest BCUT2D eigenvalue weighted by molar-refractivity contribution is 6.31. The quantitative estimate of drug-likeness (QED) is 0.845. The molecule has 1 N–H and O–H groups in total. The van der Waals surface area contributed by atoms with Gasteiger partial charge in [0.15, 0.2) is 11.5 Å². The van der Waals surface area contributed by atoms with Crippen molar-refractivity contribution in [3.8, 4) is 11.5 Å². The molecule has 0 aliphatic carbocycles. The summed E-state index contributed by atoms with van der Waals surface area (Å²) >= 11 is 5.98. The Kier molecular flexibility index (Phi) is 5.86. The molecule has 27 heavy (non-hydrogen) atoms. The lowest BCUT2D eigenvalue weighted by Gasteiger charge is -2.24. The van der Waals surface area contributed by atoms with Crippen molar-refractivity contribution in [2.45, 2.75) is 20.3 Å². The maximum atomic E-state index is 12.3. The Balaban J connectivity index is 1.67. The van der Waals surface area contributed by atoms with Gasteiger partial charge in [0.25, 0.3) is 0 Å². The maximum absolute atomic E-state index is 12.3. The van der Waals surface area contributed by atoms with Crippen molar-refractivity contribution >= 4 is 34.8 Å². The molecule has 2 amide bonds. The third kappa shape index (κ3) is 4.71. The van der Waals surface area contributed by atoms with Gasteiger partial charge in [-0.2, -0.15) is 0 Å². The average Bonchev–Trinajstić information content (AvgIpc) is 2.64.